The third-order valence-corrected chi connectivity index (χ3v) is 0.539. The normalized spacial score (nSPS) is 6.50. The van der Waals surface area contributed by atoms with Crippen LogP contribution < -0.4 is 0 Å². The van der Waals surface area contributed by atoms with E-state index in [2.05, 4.69) is 13.2 Å². The van der Waals surface area contributed by atoms with Crippen LogP contribution in [-0.4, -0.2) is 17.4 Å². The molecule has 0 rings (SSSR count). The molecule has 0 aromatic carbocycles. The van der Waals surface area contributed by atoms with Gasteiger partial charge in [0.05, 0.1) is 0 Å². The number of carbonyl (C=O) groups is 1. The Hall–Kier alpha value is -0.276. The maximum Gasteiger partial charge on any atom is 0.330 e. The second kappa shape index (κ2) is 10.7. The molecule has 0 saturated heterocycles. The fourth-order valence-electron chi connectivity index (χ4n) is 0. The summed E-state index contributed by atoms with van der Waals surface area (Å²) in [6.07, 6.45) is 1.58. The summed E-state index contributed by atoms with van der Waals surface area (Å²) >= 11 is 0. The van der Waals surface area contributed by atoms with Crippen LogP contribution in [0.1, 0.15) is 13.8 Å². The minimum atomic E-state index is -0.935. The molecule has 3 nitrogen and oxygen atoms in total. The van der Waals surface area contributed by atoms with Crippen LogP contribution in [-0.2, 0) is 42.3 Å². The number of aliphatic carboxylic acids is 1. The molecule has 0 heterocycles. The zero-order valence-electron chi connectivity index (χ0n) is 7.26. The largest absolute Gasteiger partial charge is 0.478 e. The molecule has 0 aliphatic carbocycles. The number of hydrogen-bond donors (Lipinski definition) is 1. The zero-order valence-corrected chi connectivity index (χ0v) is 10.1. The first kappa shape index (κ1) is 17.7. The van der Waals surface area contributed by atoms with Crippen LogP contribution in [0.5, 0.6) is 0 Å². The molecule has 0 atom stereocenters. The van der Waals surface area contributed by atoms with Gasteiger partial charge in [-0.1, -0.05) is 13.5 Å². The van der Waals surface area contributed by atoms with E-state index >= 15 is 0 Å². The Balaban J connectivity index is -0.000000126. The number of carbonyl (C=O) groups excluding carboxylic acids is 1. The van der Waals surface area contributed by atoms with Crippen molar-refractivity contribution >= 4 is 12.3 Å². The summed E-state index contributed by atoms with van der Waals surface area (Å²) < 4.78 is 0. The van der Waals surface area contributed by atoms with E-state index in [-0.39, 0.29) is 38.3 Å². The molecule has 1 radical (unpaired) electrons. The van der Waals surface area contributed by atoms with Crippen molar-refractivity contribution in [3.63, 3.8) is 0 Å². The fraction of sp³-hybridized carbons (Fsp3) is 0.250. The molecule has 0 unspecified atom stereocenters. The van der Waals surface area contributed by atoms with Gasteiger partial charge < -0.3 is 9.90 Å². The van der Waals surface area contributed by atoms with Gasteiger partial charge >= 0.3 is 5.97 Å². The van der Waals surface area contributed by atoms with Crippen molar-refractivity contribution < 1.29 is 47.4 Å². The van der Waals surface area contributed by atoms with Crippen LogP contribution in [0.25, 0.3) is 0 Å². The Morgan fingerprint density at radius 3 is 1.50 bits per heavy atom. The summed E-state index contributed by atoms with van der Waals surface area (Å²) in [6.45, 7) is 9.46. The van der Waals surface area contributed by atoms with Crippen LogP contribution in [0.3, 0.4) is 0 Å². The second-order valence-electron chi connectivity index (χ2n) is 1.97. The van der Waals surface area contributed by atoms with Gasteiger partial charge in [-0.15, -0.1) is 0 Å². The van der Waals surface area contributed by atoms with Crippen molar-refractivity contribution in [2.45, 2.75) is 13.8 Å². The molecular formula is C8H11O3Y-. The molecule has 0 bridgehead atoms. The Labute approximate surface area is 97.4 Å². The third kappa shape index (κ3) is 22.6. The number of carboxylic acid groups (broad SMARTS) is 1. The first-order chi connectivity index (χ1) is 4.91. The van der Waals surface area contributed by atoms with Gasteiger partial charge in [0.25, 0.3) is 0 Å². The van der Waals surface area contributed by atoms with E-state index in [0.717, 1.165) is 0 Å². The van der Waals surface area contributed by atoms with Crippen molar-refractivity contribution in [3.8, 4) is 0 Å². The predicted octanol–water partition coefficient (Wildman–Crippen LogP) is 1.32. The minimum absolute atomic E-state index is 0. The maximum atomic E-state index is 9.60. The smallest absolute Gasteiger partial charge is 0.330 e. The van der Waals surface area contributed by atoms with Crippen LogP contribution in [0.15, 0.2) is 24.3 Å². The molecule has 0 fully saturated rings. The summed E-state index contributed by atoms with van der Waals surface area (Å²) in [6, 6.07) is 0. The SMILES string of the molecule is C=C(C)C(=O)O.C=C(C)[C-]=O.[Y]. The molecule has 0 aliphatic heterocycles. The Morgan fingerprint density at radius 2 is 1.50 bits per heavy atom. The van der Waals surface area contributed by atoms with E-state index in [0.29, 0.717) is 5.57 Å². The van der Waals surface area contributed by atoms with E-state index < -0.39 is 5.97 Å². The summed E-state index contributed by atoms with van der Waals surface area (Å²) in [5.41, 5.74) is 0.625. The topological polar surface area (TPSA) is 54.4 Å². The Kier molecular flexibility index (Phi) is 15.8. The molecule has 0 aromatic heterocycles. The molecular weight excluding hydrogens is 233 g/mol. The van der Waals surface area contributed by atoms with Crippen molar-refractivity contribution in [2.75, 3.05) is 0 Å². The molecule has 0 amide bonds. The van der Waals surface area contributed by atoms with E-state index in [1.807, 2.05) is 0 Å². The van der Waals surface area contributed by atoms with Gasteiger partial charge in [0.1, 0.15) is 0 Å². The average Bonchev–Trinajstić information content (AvgIpc) is 1.89. The first-order valence-corrected chi connectivity index (χ1v) is 2.84. The molecule has 4 heteroatoms. The van der Waals surface area contributed by atoms with Crippen LogP contribution in [0, 0.1) is 0 Å². The van der Waals surface area contributed by atoms with Crippen LogP contribution in [0.4, 0.5) is 0 Å². The van der Waals surface area contributed by atoms with Gasteiger partial charge in [0, 0.05) is 38.3 Å². The summed E-state index contributed by atoms with van der Waals surface area (Å²) in [4.78, 5) is 18.9. The maximum absolute atomic E-state index is 9.60. The van der Waals surface area contributed by atoms with Crippen LogP contribution >= 0.6 is 0 Å². The molecule has 0 saturated carbocycles. The quantitative estimate of drug-likeness (QED) is 0.588. The Morgan fingerprint density at radius 1 is 1.33 bits per heavy atom. The van der Waals surface area contributed by atoms with Crippen LogP contribution in [0.2, 0.25) is 0 Å². The molecule has 12 heavy (non-hydrogen) atoms. The van der Waals surface area contributed by atoms with Gasteiger partial charge in [0.15, 0.2) is 0 Å². The third-order valence-electron chi connectivity index (χ3n) is 0.539. The first-order valence-electron chi connectivity index (χ1n) is 2.84. The van der Waals surface area contributed by atoms with Crippen molar-refractivity contribution in [2.24, 2.45) is 0 Å². The van der Waals surface area contributed by atoms with Gasteiger partial charge in [-0.25, -0.2) is 11.4 Å². The molecule has 0 aromatic rings. The number of hydrogen-bond acceptors (Lipinski definition) is 2. The fourth-order valence-corrected chi connectivity index (χ4v) is 0. The van der Waals surface area contributed by atoms with E-state index in [4.69, 9.17) is 5.11 Å². The average molecular weight is 244 g/mol. The van der Waals surface area contributed by atoms with Crippen molar-refractivity contribution in [1.29, 1.82) is 0 Å². The van der Waals surface area contributed by atoms with E-state index in [1.54, 1.807) is 13.2 Å². The van der Waals surface area contributed by atoms with Gasteiger partial charge in [-0.05, 0) is 13.2 Å². The monoisotopic (exact) mass is 244 g/mol. The van der Waals surface area contributed by atoms with Crippen molar-refractivity contribution in [1.82, 2.24) is 0 Å². The van der Waals surface area contributed by atoms with Gasteiger partial charge in [0.2, 0.25) is 0 Å². The molecule has 65 valence electrons. The van der Waals surface area contributed by atoms with Gasteiger partial charge in [-0.3, -0.25) is 0 Å². The predicted molar refractivity (Wildman–Crippen MR) is 43.0 cm³/mol. The zero-order chi connectivity index (χ0) is 9.44. The van der Waals surface area contributed by atoms with Gasteiger partial charge in [-0.2, -0.15) is 5.57 Å². The molecule has 0 spiro atoms. The number of allylic oxidation sites excluding steroid dienone is 1. The summed E-state index contributed by atoms with van der Waals surface area (Å²) in [7, 11) is 0. The number of rotatable bonds is 2. The number of carboxylic acids is 1. The Bertz CT molecular complexity index is 173. The molecule has 1 N–H and O–H groups in total. The summed E-state index contributed by atoms with van der Waals surface area (Å²) in [5, 5.41) is 7.89. The molecule has 0 aliphatic rings. The van der Waals surface area contributed by atoms with E-state index in [1.165, 1.54) is 6.92 Å². The summed E-state index contributed by atoms with van der Waals surface area (Å²) in [5.74, 6) is -0.935. The van der Waals surface area contributed by atoms with E-state index in [9.17, 15) is 9.59 Å². The second-order valence-corrected chi connectivity index (χ2v) is 1.97. The van der Waals surface area contributed by atoms with Crippen molar-refractivity contribution in [3.05, 3.63) is 24.3 Å². The standard InChI is InChI=1S/C4H6O2.C4H5O.Y/c1-3(2)4(5)6;1-4(2)3-5;/h1H2,2H3,(H,5,6);1H2,2H3;/q;-1;. The minimum Gasteiger partial charge on any atom is -0.478 e.